The first-order valence-electron chi connectivity index (χ1n) is 6.24. The molecular formula is C15H19N3. The van der Waals surface area contributed by atoms with E-state index in [1.54, 1.807) is 6.20 Å². The van der Waals surface area contributed by atoms with Gasteiger partial charge in [-0.2, -0.15) is 0 Å². The summed E-state index contributed by atoms with van der Waals surface area (Å²) in [4.78, 5) is 8.49. The third-order valence-electron chi connectivity index (χ3n) is 3.08. The minimum Gasteiger partial charge on any atom is -0.305 e. The molecule has 2 rings (SSSR count). The number of benzene rings is 1. The second kappa shape index (κ2) is 5.74. The third-order valence-corrected chi connectivity index (χ3v) is 3.08. The van der Waals surface area contributed by atoms with Crippen LogP contribution in [-0.4, -0.2) is 9.97 Å². The van der Waals surface area contributed by atoms with Crippen LogP contribution in [0.15, 0.2) is 36.5 Å². The molecule has 0 amide bonds. The van der Waals surface area contributed by atoms with E-state index in [9.17, 15) is 0 Å². The molecule has 1 aromatic carbocycles. The first kappa shape index (κ1) is 12.7. The molecule has 1 atom stereocenters. The van der Waals surface area contributed by atoms with Crippen LogP contribution in [0.1, 0.15) is 35.6 Å². The van der Waals surface area contributed by atoms with E-state index in [1.807, 2.05) is 13.0 Å². The van der Waals surface area contributed by atoms with Gasteiger partial charge in [0.2, 0.25) is 0 Å². The standard InChI is InChI=1S/C15H19N3/c1-11-6-4-5-7-15(11)12(2)17-10-14-8-9-16-13(3)18-14/h4-9,12,17H,10H2,1-3H3/t12-/m0/s1. The normalized spacial score (nSPS) is 12.4. The van der Waals surface area contributed by atoms with Gasteiger partial charge in [-0.15, -0.1) is 0 Å². The number of aromatic nitrogens is 2. The number of nitrogens with zero attached hydrogens (tertiary/aromatic N) is 2. The summed E-state index contributed by atoms with van der Waals surface area (Å²) < 4.78 is 0. The van der Waals surface area contributed by atoms with Crippen molar-refractivity contribution in [1.29, 1.82) is 0 Å². The topological polar surface area (TPSA) is 37.8 Å². The molecule has 18 heavy (non-hydrogen) atoms. The summed E-state index contributed by atoms with van der Waals surface area (Å²) in [5, 5.41) is 3.49. The van der Waals surface area contributed by atoms with Crippen LogP contribution in [0, 0.1) is 13.8 Å². The van der Waals surface area contributed by atoms with Gasteiger partial charge in [-0.1, -0.05) is 24.3 Å². The fourth-order valence-electron chi connectivity index (χ4n) is 2.04. The highest BCUT2D eigenvalue weighted by atomic mass is 14.9. The Morgan fingerprint density at radius 3 is 2.67 bits per heavy atom. The Hall–Kier alpha value is -1.74. The van der Waals surface area contributed by atoms with Crippen LogP contribution >= 0.6 is 0 Å². The summed E-state index contributed by atoms with van der Waals surface area (Å²) in [6.45, 7) is 6.99. The Bertz CT molecular complexity index is 523. The van der Waals surface area contributed by atoms with Gasteiger partial charge in [-0.3, -0.25) is 0 Å². The smallest absolute Gasteiger partial charge is 0.125 e. The molecule has 0 aliphatic carbocycles. The van der Waals surface area contributed by atoms with E-state index in [-0.39, 0.29) is 0 Å². The van der Waals surface area contributed by atoms with E-state index in [0.29, 0.717) is 6.04 Å². The molecule has 1 heterocycles. The molecule has 0 unspecified atom stereocenters. The highest BCUT2D eigenvalue weighted by molar-refractivity contribution is 5.28. The van der Waals surface area contributed by atoms with E-state index in [0.717, 1.165) is 18.1 Å². The minimum absolute atomic E-state index is 0.321. The maximum atomic E-state index is 4.39. The maximum absolute atomic E-state index is 4.39. The van der Waals surface area contributed by atoms with Gasteiger partial charge in [-0.25, -0.2) is 9.97 Å². The Balaban J connectivity index is 2.00. The van der Waals surface area contributed by atoms with Gasteiger partial charge in [0.1, 0.15) is 5.82 Å². The molecule has 1 N–H and O–H groups in total. The minimum atomic E-state index is 0.321. The monoisotopic (exact) mass is 241 g/mol. The zero-order valence-corrected chi connectivity index (χ0v) is 11.1. The summed E-state index contributed by atoms with van der Waals surface area (Å²) in [5.74, 6) is 0.817. The molecule has 0 radical (unpaired) electrons. The van der Waals surface area contributed by atoms with Gasteiger partial charge in [0, 0.05) is 18.8 Å². The highest BCUT2D eigenvalue weighted by Crippen LogP contribution is 2.16. The van der Waals surface area contributed by atoms with Crippen LogP contribution in [-0.2, 0) is 6.54 Å². The second-order valence-electron chi connectivity index (χ2n) is 4.55. The molecule has 0 fully saturated rings. The van der Waals surface area contributed by atoms with E-state index in [1.165, 1.54) is 11.1 Å². The molecule has 3 heteroatoms. The van der Waals surface area contributed by atoms with Gasteiger partial charge in [0.25, 0.3) is 0 Å². The Labute approximate surface area is 108 Å². The summed E-state index contributed by atoms with van der Waals surface area (Å²) in [7, 11) is 0. The number of hydrogen-bond acceptors (Lipinski definition) is 3. The lowest BCUT2D eigenvalue weighted by Crippen LogP contribution is -2.19. The summed E-state index contributed by atoms with van der Waals surface area (Å²) in [5.41, 5.74) is 3.68. The van der Waals surface area contributed by atoms with E-state index >= 15 is 0 Å². The van der Waals surface area contributed by atoms with Crippen molar-refractivity contribution in [2.75, 3.05) is 0 Å². The largest absolute Gasteiger partial charge is 0.305 e. The molecular weight excluding hydrogens is 222 g/mol. The molecule has 0 aliphatic heterocycles. The van der Waals surface area contributed by atoms with Crippen molar-refractivity contribution in [3.8, 4) is 0 Å². The van der Waals surface area contributed by atoms with E-state index in [2.05, 4.69) is 53.4 Å². The lowest BCUT2D eigenvalue weighted by molar-refractivity contribution is 0.564. The lowest BCUT2D eigenvalue weighted by Gasteiger charge is -2.16. The molecule has 0 aliphatic rings. The maximum Gasteiger partial charge on any atom is 0.125 e. The van der Waals surface area contributed by atoms with Crippen molar-refractivity contribution in [1.82, 2.24) is 15.3 Å². The van der Waals surface area contributed by atoms with Gasteiger partial charge in [-0.05, 0) is 38.0 Å². The van der Waals surface area contributed by atoms with E-state index in [4.69, 9.17) is 0 Å². The van der Waals surface area contributed by atoms with Crippen molar-refractivity contribution < 1.29 is 0 Å². The number of rotatable bonds is 4. The van der Waals surface area contributed by atoms with Crippen LogP contribution in [0.3, 0.4) is 0 Å². The second-order valence-corrected chi connectivity index (χ2v) is 4.55. The molecule has 0 saturated heterocycles. The van der Waals surface area contributed by atoms with Crippen molar-refractivity contribution in [3.05, 3.63) is 59.2 Å². The number of nitrogens with one attached hydrogen (secondary N) is 1. The zero-order chi connectivity index (χ0) is 13.0. The van der Waals surface area contributed by atoms with Crippen LogP contribution < -0.4 is 5.32 Å². The van der Waals surface area contributed by atoms with Crippen LogP contribution in [0.25, 0.3) is 0 Å². The average Bonchev–Trinajstić information content (AvgIpc) is 2.37. The fourth-order valence-corrected chi connectivity index (χ4v) is 2.04. The van der Waals surface area contributed by atoms with Crippen LogP contribution in [0.4, 0.5) is 0 Å². The van der Waals surface area contributed by atoms with Gasteiger partial charge in [0.05, 0.1) is 5.69 Å². The third kappa shape index (κ3) is 3.14. The zero-order valence-electron chi connectivity index (χ0n) is 11.1. The van der Waals surface area contributed by atoms with Crippen molar-refractivity contribution in [2.24, 2.45) is 0 Å². The summed E-state index contributed by atoms with van der Waals surface area (Å²) in [6, 6.07) is 10.7. The lowest BCUT2D eigenvalue weighted by atomic mass is 10.0. The molecule has 1 aromatic heterocycles. The first-order valence-corrected chi connectivity index (χ1v) is 6.24. The fraction of sp³-hybridized carbons (Fsp3) is 0.333. The van der Waals surface area contributed by atoms with Gasteiger partial charge < -0.3 is 5.32 Å². The first-order chi connectivity index (χ1) is 8.66. The SMILES string of the molecule is Cc1nccc(CN[C@@H](C)c2ccccc2C)n1. The van der Waals surface area contributed by atoms with Crippen molar-refractivity contribution in [3.63, 3.8) is 0 Å². The molecule has 94 valence electrons. The molecule has 0 bridgehead atoms. The number of hydrogen-bond donors (Lipinski definition) is 1. The Morgan fingerprint density at radius 1 is 1.17 bits per heavy atom. The average molecular weight is 241 g/mol. The van der Waals surface area contributed by atoms with Crippen molar-refractivity contribution >= 4 is 0 Å². The predicted molar refractivity (Wildman–Crippen MR) is 73.2 cm³/mol. The van der Waals surface area contributed by atoms with Gasteiger partial charge in [0.15, 0.2) is 0 Å². The summed E-state index contributed by atoms with van der Waals surface area (Å²) >= 11 is 0. The van der Waals surface area contributed by atoms with Crippen LogP contribution in [0.2, 0.25) is 0 Å². The molecule has 3 nitrogen and oxygen atoms in total. The quantitative estimate of drug-likeness (QED) is 0.894. The van der Waals surface area contributed by atoms with Crippen LogP contribution in [0.5, 0.6) is 0 Å². The predicted octanol–water partition coefficient (Wildman–Crippen LogP) is 2.94. The highest BCUT2D eigenvalue weighted by Gasteiger charge is 2.07. The molecule has 0 spiro atoms. The van der Waals surface area contributed by atoms with Crippen molar-refractivity contribution in [2.45, 2.75) is 33.4 Å². The van der Waals surface area contributed by atoms with E-state index < -0.39 is 0 Å². The Morgan fingerprint density at radius 2 is 1.94 bits per heavy atom. The molecule has 2 aromatic rings. The summed E-state index contributed by atoms with van der Waals surface area (Å²) in [6.07, 6.45) is 1.80. The number of aryl methyl sites for hydroxylation is 2. The molecule has 0 saturated carbocycles. The Kier molecular flexibility index (Phi) is 4.05. The van der Waals surface area contributed by atoms with Gasteiger partial charge >= 0.3 is 0 Å².